The van der Waals surface area contributed by atoms with Gasteiger partial charge in [0, 0.05) is 18.2 Å². The van der Waals surface area contributed by atoms with Crippen LogP contribution in [0.5, 0.6) is 0 Å². The zero-order valence-electron chi connectivity index (χ0n) is 21.8. The quantitative estimate of drug-likeness (QED) is 0.198. The number of alkyl halides is 7. The summed E-state index contributed by atoms with van der Waals surface area (Å²) in [7, 11) is 0. The van der Waals surface area contributed by atoms with Crippen LogP contribution in [0.25, 0.3) is 22.7 Å². The van der Waals surface area contributed by atoms with Gasteiger partial charge in [0.1, 0.15) is 16.9 Å². The zero-order valence-corrected chi connectivity index (χ0v) is 21.8. The second kappa shape index (κ2) is 11.2. The molecule has 1 aliphatic rings. The Morgan fingerprint density at radius 2 is 1.71 bits per heavy atom. The van der Waals surface area contributed by atoms with Gasteiger partial charge in [0.05, 0.1) is 5.56 Å². The van der Waals surface area contributed by atoms with Gasteiger partial charge in [-0.2, -0.15) is 13.2 Å². The number of halogens is 7. The fourth-order valence-corrected chi connectivity index (χ4v) is 4.76. The molecule has 1 atom stereocenters. The highest BCUT2D eigenvalue weighted by Crippen LogP contribution is 2.36. The van der Waals surface area contributed by atoms with Gasteiger partial charge in [-0.3, -0.25) is 0 Å². The second-order valence-corrected chi connectivity index (χ2v) is 10.0. The number of fused-ring (bicyclic) bond motifs is 1. The van der Waals surface area contributed by atoms with Crippen molar-refractivity contribution >= 4 is 23.0 Å². The first-order chi connectivity index (χ1) is 19.8. The number of carboxylic acids is 1. The molecule has 5 rings (SSSR count). The number of aromatic carboxylic acids is 1. The van der Waals surface area contributed by atoms with E-state index in [0.29, 0.717) is 11.6 Å². The predicted molar refractivity (Wildman–Crippen MR) is 136 cm³/mol. The summed E-state index contributed by atoms with van der Waals surface area (Å²) in [5.74, 6) is -2.05. The molecule has 0 bridgehead atoms. The maximum absolute atomic E-state index is 13.7. The highest BCUT2D eigenvalue weighted by molar-refractivity contribution is 5.92. The molecule has 1 aliphatic carbocycles. The van der Waals surface area contributed by atoms with E-state index in [2.05, 4.69) is 25.3 Å². The smallest absolute Gasteiger partial charge is 0.416 e. The van der Waals surface area contributed by atoms with E-state index in [1.807, 2.05) is 6.92 Å². The Morgan fingerprint density at radius 3 is 2.26 bits per heavy atom. The van der Waals surface area contributed by atoms with Crippen molar-refractivity contribution in [3.05, 3.63) is 64.6 Å². The van der Waals surface area contributed by atoms with Crippen LogP contribution in [0.1, 0.15) is 72.0 Å². The summed E-state index contributed by atoms with van der Waals surface area (Å²) in [5.41, 5.74) is -2.77. The fourth-order valence-electron chi connectivity index (χ4n) is 4.76. The first-order valence-corrected chi connectivity index (χ1v) is 12.8. The number of pyridine rings is 1. The first-order valence-electron chi connectivity index (χ1n) is 12.8. The summed E-state index contributed by atoms with van der Waals surface area (Å²) >= 11 is 0. The first kappa shape index (κ1) is 29.2. The highest BCUT2D eigenvalue weighted by atomic mass is 19.4. The lowest BCUT2D eigenvalue weighted by Crippen LogP contribution is -2.31. The summed E-state index contributed by atoms with van der Waals surface area (Å²) in [6.45, 7) is 1.65. The minimum atomic E-state index is -4.59. The molecule has 0 radical (unpaired) electrons. The lowest BCUT2D eigenvalue weighted by molar-refractivity contribution is -0.137. The molecular formula is C27H23F7N6O2. The van der Waals surface area contributed by atoms with Crippen LogP contribution >= 0.6 is 0 Å². The number of carboxylic acid groups (broad SMARTS) is 1. The molecule has 2 N–H and O–H groups in total. The molecule has 0 spiro atoms. The van der Waals surface area contributed by atoms with Crippen LogP contribution in [0.3, 0.4) is 0 Å². The standard InChI is InChI=1S/C27H23F7N6O2/c1-12(14-3-2-4-14)35-22-19-23(38-24(37-22)26(41)42)39-25(18-10-15(20(28)29)9-17(36-18)21(30)31)40(19)11-13-5-7-16(8-6-13)27(32,33)34/h5-10,12,14,20-21H,2-4,11H2,1H3,(H,41,42)(H,35,37,38)/t12-/m1/s1. The molecule has 42 heavy (non-hydrogen) atoms. The Bertz CT molecular complexity index is 1590. The Morgan fingerprint density at radius 1 is 1.02 bits per heavy atom. The Hall–Kier alpha value is -4.30. The molecule has 0 amide bonds. The van der Waals surface area contributed by atoms with Crippen LogP contribution in [0.2, 0.25) is 0 Å². The molecule has 3 heterocycles. The molecule has 0 saturated heterocycles. The van der Waals surface area contributed by atoms with Gasteiger partial charge in [0.15, 0.2) is 17.3 Å². The van der Waals surface area contributed by atoms with Gasteiger partial charge in [-0.15, -0.1) is 0 Å². The van der Waals surface area contributed by atoms with Crippen LogP contribution < -0.4 is 5.32 Å². The number of rotatable bonds is 9. The molecule has 1 aromatic carbocycles. The van der Waals surface area contributed by atoms with Gasteiger partial charge in [-0.05, 0) is 55.5 Å². The molecule has 15 heteroatoms. The van der Waals surface area contributed by atoms with Crippen LogP contribution in [0.15, 0.2) is 36.4 Å². The summed E-state index contributed by atoms with van der Waals surface area (Å²) in [5, 5.41) is 12.8. The van der Waals surface area contributed by atoms with Gasteiger partial charge in [-0.25, -0.2) is 42.3 Å². The zero-order chi connectivity index (χ0) is 30.3. The van der Waals surface area contributed by atoms with E-state index in [-0.39, 0.29) is 47.0 Å². The molecule has 3 aromatic heterocycles. The highest BCUT2D eigenvalue weighted by Gasteiger charge is 2.31. The number of imidazole rings is 1. The Kier molecular flexibility index (Phi) is 7.77. The van der Waals surface area contributed by atoms with Crippen molar-refractivity contribution in [2.75, 3.05) is 5.32 Å². The van der Waals surface area contributed by atoms with E-state index in [9.17, 15) is 40.6 Å². The van der Waals surface area contributed by atoms with Gasteiger partial charge < -0.3 is 15.0 Å². The van der Waals surface area contributed by atoms with Crippen molar-refractivity contribution < 1.29 is 40.6 Å². The summed E-state index contributed by atoms with van der Waals surface area (Å²) in [6, 6.07) is 5.37. The van der Waals surface area contributed by atoms with Gasteiger partial charge in [0.25, 0.3) is 12.9 Å². The minimum absolute atomic E-state index is 0.0292. The SMILES string of the molecule is C[C@@H](Nc1nc(C(=O)O)nc2nc(-c3cc(C(F)F)cc(C(F)F)n3)n(Cc3ccc(C(F)(F)F)cc3)c12)C1CCC1. The molecule has 1 fully saturated rings. The van der Waals surface area contributed by atoms with E-state index in [1.54, 1.807) is 0 Å². The molecular weight excluding hydrogens is 573 g/mol. The number of nitrogens with one attached hydrogen (secondary N) is 1. The van der Waals surface area contributed by atoms with Crippen LogP contribution in [-0.2, 0) is 12.7 Å². The van der Waals surface area contributed by atoms with Crippen molar-refractivity contribution in [1.29, 1.82) is 0 Å². The lowest BCUT2D eigenvalue weighted by Gasteiger charge is -2.32. The number of aromatic nitrogens is 5. The molecule has 0 unspecified atom stereocenters. The lowest BCUT2D eigenvalue weighted by atomic mass is 9.80. The summed E-state index contributed by atoms with van der Waals surface area (Å²) in [4.78, 5) is 28.1. The third-order valence-corrected chi connectivity index (χ3v) is 7.21. The molecule has 1 saturated carbocycles. The number of carbonyl (C=O) groups is 1. The van der Waals surface area contributed by atoms with Crippen molar-refractivity contribution in [2.24, 2.45) is 5.92 Å². The fraction of sp³-hybridized carbons (Fsp3) is 0.370. The maximum atomic E-state index is 13.7. The van der Waals surface area contributed by atoms with E-state index in [0.717, 1.165) is 37.5 Å². The monoisotopic (exact) mass is 596 g/mol. The second-order valence-electron chi connectivity index (χ2n) is 10.0. The predicted octanol–water partition coefficient (Wildman–Crippen LogP) is 7.13. The van der Waals surface area contributed by atoms with Crippen LogP contribution in [0, 0.1) is 5.92 Å². The van der Waals surface area contributed by atoms with E-state index in [1.165, 1.54) is 16.7 Å². The average molecular weight is 597 g/mol. The van der Waals surface area contributed by atoms with E-state index in [4.69, 9.17) is 0 Å². The van der Waals surface area contributed by atoms with Crippen molar-refractivity contribution in [3.63, 3.8) is 0 Å². The molecule has 8 nitrogen and oxygen atoms in total. The number of benzene rings is 1. The number of hydrogen-bond donors (Lipinski definition) is 2. The van der Waals surface area contributed by atoms with E-state index >= 15 is 0 Å². The number of hydrogen-bond acceptors (Lipinski definition) is 6. The molecule has 222 valence electrons. The van der Waals surface area contributed by atoms with Crippen molar-refractivity contribution in [3.8, 4) is 11.5 Å². The minimum Gasteiger partial charge on any atom is -0.475 e. The number of nitrogens with zero attached hydrogens (tertiary/aromatic N) is 5. The van der Waals surface area contributed by atoms with Gasteiger partial charge in [-0.1, -0.05) is 18.6 Å². The van der Waals surface area contributed by atoms with Crippen molar-refractivity contribution in [1.82, 2.24) is 24.5 Å². The topological polar surface area (TPSA) is 106 Å². The Labute approximate surface area is 233 Å². The largest absolute Gasteiger partial charge is 0.475 e. The van der Waals surface area contributed by atoms with Crippen LogP contribution in [-0.4, -0.2) is 41.6 Å². The normalized spacial score (nSPS) is 14.9. The molecule has 0 aliphatic heterocycles. The average Bonchev–Trinajstić information content (AvgIpc) is 3.25. The Balaban J connectivity index is 1.74. The number of anilines is 1. The van der Waals surface area contributed by atoms with Crippen LogP contribution in [0.4, 0.5) is 36.6 Å². The summed E-state index contributed by atoms with van der Waals surface area (Å²) < 4.78 is 95.4. The van der Waals surface area contributed by atoms with Gasteiger partial charge in [0.2, 0.25) is 5.82 Å². The van der Waals surface area contributed by atoms with E-state index < -0.39 is 47.6 Å². The summed E-state index contributed by atoms with van der Waals surface area (Å²) in [6.07, 6.45) is -8.06. The maximum Gasteiger partial charge on any atom is 0.416 e. The third-order valence-electron chi connectivity index (χ3n) is 7.21. The van der Waals surface area contributed by atoms with Gasteiger partial charge >= 0.3 is 12.1 Å². The van der Waals surface area contributed by atoms with Crippen molar-refractivity contribution in [2.45, 2.75) is 57.8 Å². The third kappa shape index (κ3) is 5.85. The molecule has 4 aromatic rings.